The van der Waals surface area contributed by atoms with Gasteiger partial charge >= 0.3 is 5.97 Å². The minimum atomic E-state index is -0.389. The van der Waals surface area contributed by atoms with Crippen LogP contribution in [0.15, 0.2) is 0 Å². The van der Waals surface area contributed by atoms with E-state index in [2.05, 4.69) is 4.74 Å². The molecule has 1 atom stereocenters. The van der Waals surface area contributed by atoms with Crippen LogP contribution in [0.5, 0.6) is 0 Å². The SMILES string of the molecule is CCCN(CC(=O)OC)C(=O)[C@H]1CCCO1. The van der Waals surface area contributed by atoms with Crippen molar-refractivity contribution in [1.82, 2.24) is 4.90 Å². The van der Waals surface area contributed by atoms with Crippen molar-refractivity contribution in [3.63, 3.8) is 0 Å². The molecule has 0 bridgehead atoms. The van der Waals surface area contributed by atoms with Crippen LogP contribution < -0.4 is 0 Å². The first-order chi connectivity index (χ1) is 7.69. The van der Waals surface area contributed by atoms with Crippen molar-refractivity contribution < 1.29 is 19.1 Å². The topological polar surface area (TPSA) is 55.8 Å². The van der Waals surface area contributed by atoms with Crippen LogP contribution in [0, 0.1) is 0 Å². The first-order valence-electron chi connectivity index (χ1n) is 5.66. The Bertz CT molecular complexity index is 248. The molecular weight excluding hydrogens is 210 g/mol. The molecule has 0 N–H and O–H groups in total. The molecule has 1 saturated heterocycles. The van der Waals surface area contributed by atoms with Crippen LogP contribution in [0.3, 0.4) is 0 Å². The van der Waals surface area contributed by atoms with E-state index in [0.29, 0.717) is 13.2 Å². The monoisotopic (exact) mass is 229 g/mol. The van der Waals surface area contributed by atoms with Gasteiger partial charge in [-0.3, -0.25) is 9.59 Å². The quantitative estimate of drug-likeness (QED) is 0.647. The summed E-state index contributed by atoms with van der Waals surface area (Å²) in [4.78, 5) is 24.7. The fraction of sp³-hybridized carbons (Fsp3) is 0.818. The summed E-state index contributed by atoms with van der Waals surface area (Å²) < 4.78 is 9.88. The van der Waals surface area contributed by atoms with Gasteiger partial charge in [0, 0.05) is 13.2 Å². The number of rotatable bonds is 5. The normalized spacial score (nSPS) is 19.5. The molecule has 0 saturated carbocycles. The smallest absolute Gasteiger partial charge is 0.325 e. The van der Waals surface area contributed by atoms with E-state index in [1.165, 1.54) is 12.0 Å². The van der Waals surface area contributed by atoms with Gasteiger partial charge in [-0.1, -0.05) is 6.92 Å². The van der Waals surface area contributed by atoms with Crippen LogP contribution in [0.4, 0.5) is 0 Å². The minimum absolute atomic E-state index is 0.0169. The van der Waals surface area contributed by atoms with E-state index in [1.807, 2.05) is 6.92 Å². The van der Waals surface area contributed by atoms with Crippen molar-refractivity contribution in [1.29, 1.82) is 0 Å². The molecule has 0 radical (unpaired) electrons. The molecule has 1 aliphatic rings. The van der Waals surface area contributed by atoms with Crippen molar-refractivity contribution in [3.05, 3.63) is 0 Å². The summed E-state index contributed by atoms with van der Waals surface area (Å²) in [5.41, 5.74) is 0. The van der Waals surface area contributed by atoms with Crippen LogP contribution in [0.2, 0.25) is 0 Å². The third-order valence-electron chi connectivity index (χ3n) is 2.56. The van der Waals surface area contributed by atoms with Gasteiger partial charge in [-0.05, 0) is 19.3 Å². The highest BCUT2D eigenvalue weighted by Crippen LogP contribution is 2.14. The number of hydrogen-bond acceptors (Lipinski definition) is 4. The van der Waals surface area contributed by atoms with Crippen LogP contribution in [-0.2, 0) is 19.1 Å². The Kier molecular flexibility index (Phi) is 5.25. The van der Waals surface area contributed by atoms with Gasteiger partial charge in [-0.15, -0.1) is 0 Å². The summed E-state index contributed by atoms with van der Waals surface area (Å²) in [5, 5.41) is 0. The Morgan fingerprint density at radius 1 is 1.50 bits per heavy atom. The molecule has 0 aliphatic carbocycles. The van der Waals surface area contributed by atoms with Crippen molar-refractivity contribution >= 4 is 11.9 Å². The fourth-order valence-electron chi connectivity index (χ4n) is 1.73. The van der Waals surface area contributed by atoms with E-state index in [0.717, 1.165) is 19.3 Å². The van der Waals surface area contributed by atoms with Gasteiger partial charge in [0.25, 0.3) is 5.91 Å². The van der Waals surface area contributed by atoms with Crippen molar-refractivity contribution in [2.45, 2.75) is 32.3 Å². The fourth-order valence-corrected chi connectivity index (χ4v) is 1.73. The van der Waals surface area contributed by atoms with E-state index in [1.54, 1.807) is 0 Å². The second kappa shape index (κ2) is 6.48. The molecule has 5 heteroatoms. The van der Waals surface area contributed by atoms with E-state index in [4.69, 9.17) is 4.74 Å². The number of carbonyl (C=O) groups excluding carboxylic acids is 2. The lowest BCUT2D eigenvalue weighted by Gasteiger charge is -2.23. The maximum Gasteiger partial charge on any atom is 0.325 e. The second-order valence-corrected chi connectivity index (χ2v) is 3.84. The number of ether oxygens (including phenoxy) is 2. The predicted molar refractivity (Wildman–Crippen MR) is 57.9 cm³/mol. The molecule has 1 amide bonds. The highest BCUT2D eigenvalue weighted by molar-refractivity contribution is 5.85. The Hall–Kier alpha value is -1.10. The van der Waals surface area contributed by atoms with E-state index < -0.39 is 0 Å². The average Bonchev–Trinajstić information content (AvgIpc) is 2.80. The maximum atomic E-state index is 12.0. The highest BCUT2D eigenvalue weighted by Gasteiger charge is 2.28. The highest BCUT2D eigenvalue weighted by atomic mass is 16.5. The van der Waals surface area contributed by atoms with Gasteiger partial charge in [0.15, 0.2) is 0 Å². The molecule has 0 unspecified atom stereocenters. The summed E-state index contributed by atoms with van der Waals surface area (Å²) in [6.45, 7) is 3.18. The molecule has 1 rings (SSSR count). The Morgan fingerprint density at radius 2 is 2.25 bits per heavy atom. The van der Waals surface area contributed by atoms with Gasteiger partial charge in [-0.25, -0.2) is 0 Å². The lowest BCUT2D eigenvalue weighted by Crippen LogP contribution is -2.42. The zero-order chi connectivity index (χ0) is 12.0. The van der Waals surface area contributed by atoms with Crippen LogP contribution >= 0.6 is 0 Å². The molecular formula is C11H19NO4. The number of esters is 1. The molecule has 0 aromatic heterocycles. The summed E-state index contributed by atoms with van der Waals surface area (Å²) >= 11 is 0. The third kappa shape index (κ3) is 3.48. The lowest BCUT2D eigenvalue weighted by atomic mass is 10.2. The number of hydrogen-bond donors (Lipinski definition) is 0. The van der Waals surface area contributed by atoms with E-state index in [-0.39, 0.29) is 24.5 Å². The van der Waals surface area contributed by atoms with Crippen LogP contribution in [0.1, 0.15) is 26.2 Å². The van der Waals surface area contributed by atoms with Crippen molar-refractivity contribution in [2.24, 2.45) is 0 Å². The third-order valence-corrected chi connectivity index (χ3v) is 2.56. The summed E-state index contributed by atoms with van der Waals surface area (Å²) in [7, 11) is 1.32. The zero-order valence-corrected chi connectivity index (χ0v) is 9.90. The van der Waals surface area contributed by atoms with Crippen LogP contribution in [0.25, 0.3) is 0 Å². The van der Waals surface area contributed by atoms with E-state index in [9.17, 15) is 9.59 Å². The standard InChI is InChI=1S/C11H19NO4/c1-3-6-12(8-10(13)15-2)11(14)9-5-4-7-16-9/h9H,3-8H2,1-2H3/t9-/m1/s1. The Balaban J connectivity index is 2.53. The number of methoxy groups -OCH3 is 1. The molecule has 1 aliphatic heterocycles. The second-order valence-electron chi connectivity index (χ2n) is 3.84. The van der Waals surface area contributed by atoms with Gasteiger partial charge in [0.1, 0.15) is 12.6 Å². The lowest BCUT2D eigenvalue weighted by molar-refractivity contribution is -0.150. The molecule has 0 spiro atoms. The summed E-state index contributed by atoms with van der Waals surface area (Å²) in [5.74, 6) is -0.482. The molecule has 1 heterocycles. The zero-order valence-electron chi connectivity index (χ0n) is 9.90. The molecule has 16 heavy (non-hydrogen) atoms. The molecule has 0 aromatic rings. The number of nitrogens with zero attached hydrogens (tertiary/aromatic N) is 1. The molecule has 92 valence electrons. The van der Waals surface area contributed by atoms with Crippen molar-refractivity contribution in [3.8, 4) is 0 Å². The first kappa shape index (κ1) is 13.0. The Labute approximate surface area is 95.7 Å². The van der Waals surface area contributed by atoms with Gasteiger partial charge in [0.2, 0.25) is 0 Å². The molecule has 5 nitrogen and oxygen atoms in total. The summed E-state index contributed by atoms with van der Waals surface area (Å²) in [6.07, 6.45) is 2.11. The number of carbonyl (C=O) groups is 2. The first-order valence-corrected chi connectivity index (χ1v) is 5.66. The van der Waals surface area contributed by atoms with Crippen molar-refractivity contribution in [2.75, 3.05) is 26.8 Å². The largest absolute Gasteiger partial charge is 0.468 e. The van der Waals surface area contributed by atoms with E-state index >= 15 is 0 Å². The van der Waals surface area contributed by atoms with Crippen LogP contribution in [-0.4, -0.2) is 49.7 Å². The average molecular weight is 229 g/mol. The summed E-state index contributed by atoms with van der Waals surface area (Å²) in [6, 6.07) is 0. The predicted octanol–water partition coefficient (Wildman–Crippen LogP) is 0.577. The van der Waals surface area contributed by atoms with Gasteiger partial charge in [0.05, 0.1) is 7.11 Å². The molecule has 1 fully saturated rings. The maximum absolute atomic E-state index is 12.0. The van der Waals surface area contributed by atoms with Gasteiger partial charge in [-0.2, -0.15) is 0 Å². The van der Waals surface area contributed by atoms with Gasteiger partial charge < -0.3 is 14.4 Å². The molecule has 0 aromatic carbocycles. The minimum Gasteiger partial charge on any atom is -0.468 e. The Morgan fingerprint density at radius 3 is 2.75 bits per heavy atom. The number of amides is 1.